The second-order valence-electron chi connectivity index (χ2n) is 4.55. The molecule has 0 unspecified atom stereocenters. The van der Waals surface area contributed by atoms with Crippen LogP contribution >= 0.6 is 0 Å². The van der Waals surface area contributed by atoms with E-state index in [0.717, 1.165) is 0 Å². The topological polar surface area (TPSA) is 35.3 Å². The molecule has 0 spiro atoms. The van der Waals surface area contributed by atoms with Crippen molar-refractivity contribution >= 4 is 0 Å². The Morgan fingerprint density at radius 1 is 1.14 bits per heavy atom. The summed E-state index contributed by atoms with van der Waals surface area (Å²) in [7, 11) is 1.56. The highest BCUT2D eigenvalue weighted by Crippen LogP contribution is 2.35. The summed E-state index contributed by atoms with van der Waals surface area (Å²) in [4.78, 5) is 3.94. The van der Waals surface area contributed by atoms with Crippen molar-refractivity contribution in [3.05, 3.63) is 60.5 Å². The molecular weight excluding hydrogens is 288 g/mol. The van der Waals surface area contributed by atoms with Crippen LogP contribution in [0.2, 0.25) is 0 Å². The predicted octanol–water partition coefficient (Wildman–Crippen LogP) is 4.75. The molecule has 0 atom stereocenters. The third kappa shape index (κ3) is 2.70. The molecule has 0 amide bonds. The molecule has 3 rings (SSSR count). The summed E-state index contributed by atoms with van der Waals surface area (Å²) in [6.07, 6.45) is -2.77. The highest BCUT2D eigenvalue weighted by atomic mass is 19.3. The van der Waals surface area contributed by atoms with E-state index in [-0.39, 0.29) is 0 Å². The van der Waals surface area contributed by atoms with Gasteiger partial charge in [0, 0.05) is 11.1 Å². The third-order valence-electron chi connectivity index (χ3n) is 3.16. The summed E-state index contributed by atoms with van der Waals surface area (Å²) in [6, 6.07) is 16.8. The van der Waals surface area contributed by atoms with Gasteiger partial charge in [0.25, 0.3) is 5.89 Å². The van der Waals surface area contributed by atoms with E-state index in [1.165, 1.54) is 0 Å². The number of hydrogen-bond acceptors (Lipinski definition) is 3. The maximum atomic E-state index is 12.9. The highest BCUT2D eigenvalue weighted by molar-refractivity contribution is 5.77. The standard InChI is InChI=1S/C17H12F2NO2/c1-21-13-9-7-11(8-10-13)14-15(12-5-3-2-4-6-12)22-17(20-14)16(18)19/h2-3,5-10,16H,1H3. The fourth-order valence-corrected chi connectivity index (χ4v) is 2.10. The van der Waals surface area contributed by atoms with E-state index < -0.39 is 12.3 Å². The molecule has 0 bridgehead atoms. The lowest BCUT2D eigenvalue weighted by Gasteiger charge is -2.03. The largest absolute Gasteiger partial charge is 0.497 e. The van der Waals surface area contributed by atoms with Crippen LogP contribution in [0, 0.1) is 6.07 Å². The normalized spacial score (nSPS) is 10.9. The Labute approximate surface area is 126 Å². The number of ether oxygens (including phenoxy) is 1. The Kier molecular flexibility index (Phi) is 3.87. The molecule has 22 heavy (non-hydrogen) atoms. The van der Waals surface area contributed by atoms with Crippen LogP contribution in [-0.4, -0.2) is 12.1 Å². The zero-order valence-corrected chi connectivity index (χ0v) is 11.7. The number of benzene rings is 2. The average molecular weight is 300 g/mol. The maximum Gasteiger partial charge on any atom is 0.313 e. The molecule has 0 saturated heterocycles. The molecule has 111 valence electrons. The van der Waals surface area contributed by atoms with Gasteiger partial charge < -0.3 is 9.15 Å². The van der Waals surface area contributed by atoms with Gasteiger partial charge in [-0.05, 0) is 36.4 Å². The van der Waals surface area contributed by atoms with Gasteiger partial charge in [0.05, 0.1) is 7.11 Å². The number of nitrogens with zero attached hydrogens (tertiary/aromatic N) is 1. The maximum absolute atomic E-state index is 12.9. The molecule has 5 heteroatoms. The fourth-order valence-electron chi connectivity index (χ4n) is 2.10. The number of alkyl halides is 2. The van der Waals surface area contributed by atoms with Crippen molar-refractivity contribution in [3.63, 3.8) is 0 Å². The minimum Gasteiger partial charge on any atom is -0.497 e. The molecule has 1 heterocycles. The van der Waals surface area contributed by atoms with Crippen LogP contribution in [0.3, 0.4) is 0 Å². The summed E-state index contributed by atoms with van der Waals surface area (Å²) in [5.74, 6) is 0.387. The summed E-state index contributed by atoms with van der Waals surface area (Å²) in [5.41, 5.74) is 1.69. The number of hydrogen-bond donors (Lipinski definition) is 0. The van der Waals surface area contributed by atoms with Gasteiger partial charge in [-0.15, -0.1) is 0 Å². The summed E-state index contributed by atoms with van der Waals surface area (Å²) in [6.45, 7) is 0. The Morgan fingerprint density at radius 2 is 1.91 bits per heavy atom. The fraction of sp³-hybridized carbons (Fsp3) is 0.118. The van der Waals surface area contributed by atoms with Gasteiger partial charge in [-0.3, -0.25) is 0 Å². The first-order valence-electron chi connectivity index (χ1n) is 6.59. The molecule has 1 radical (unpaired) electrons. The molecule has 2 aromatic carbocycles. The monoisotopic (exact) mass is 300 g/mol. The second kappa shape index (κ2) is 5.97. The summed E-state index contributed by atoms with van der Waals surface area (Å²) >= 11 is 0. The van der Waals surface area contributed by atoms with Crippen molar-refractivity contribution in [2.75, 3.05) is 7.11 Å². The summed E-state index contributed by atoms with van der Waals surface area (Å²) in [5, 5.41) is 0. The van der Waals surface area contributed by atoms with Gasteiger partial charge >= 0.3 is 6.43 Å². The van der Waals surface area contributed by atoms with E-state index in [9.17, 15) is 8.78 Å². The van der Waals surface area contributed by atoms with Gasteiger partial charge in [-0.25, -0.2) is 4.98 Å². The molecule has 0 saturated carbocycles. The van der Waals surface area contributed by atoms with Crippen molar-refractivity contribution in [1.82, 2.24) is 4.98 Å². The van der Waals surface area contributed by atoms with Crippen LogP contribution in [0.5, 0.6) is 5.75 Å². The molecule has 1 aromatic heterocycles. The van der Waals surface area contributed by atoms with Crippen LogP contribution in [0.1, 0.15) is 12.3 Å². The average Bonchev–Trinajstić information content (AvgIpc) is 3.01. The zero-order valence-electron chi connectivity index (χ0n) is 11.7. The van der Waals surface area contributed by atoms with Gasteiger partial charge in [0.2, 0.25) is 0 Å². The van der Waals surface area contributed by atoms with Crippen LogP contribution < -0.4 is 4.74 Å². The van der Waals surface area contributed by atoms with Gasteiger partial charge in [-0.2, -0.15) is 8.78 Å². The quantitative estimate of drug-likeness (QED) is 0.697. The van der Waals surface area contributed by atoms with E-state index in [4.69, 9.17) is 9.15 Å². The minimum absolute atomic E-state index is 0.303. The van der Waals surface area contributed by atoms with Crippen molar-refractivity contribution < 1.29 is 17.9 Å². The lowest BCUT2D eigenvalue weighted by molar-refractivity contribution is 0.116. The SMILES string of the molecule is COc1ccc(-c2nc(C(F)F)oc2-c2c[c]ccc2)cc1. The Hall–Kier alpha value is -2.69. The van der Waals surface area contributed by atoms with Crippen molar-refractivity contribution in [2.45, 2.75) is 6.43 Å². The van der Waals surface area contributed by atoms with E-state index in [0.29, 0.717) is 28.3 Å². The first kappa shape index (κ1) is 14.3. The van der Waals surface area contributed by atoms with Gasteiger partial charge in [0.15, 0.2) is 5.76 Å². The molecule has 0 aliphatic heterocycles. The molecular formula is C17H12F2NO2. The zero-order chi connectivity index (χ0) is 15.5. The third-order valence-corrected chi connectivity index (χ3v) is 3.16. The summed E-state index contributed by atoms with van der Waals surface area (Å²) < 4.78 is 36.2. The Balaban J connectivity index is 2.12. The van der Waals surface area contributed by atoms with Crippen molar-refractivity contribution in [2.24, 2.45) is 0 Å². The number of oxazole rings is 1. The van der Waals surface area contributed by atoms with Crippen LogP contribution in [-0.2, 0) is 0 Å². The van der Waals surface area contributed by atoms with E-state index >= 15 is 0 Å². The second-order valence-corrected chi connectivity index (χ2v) is 4.55. The van der Waals surface area contributed by atoms with Crippen molar-refractivity contribution in [3.8, 4) is 28.3 Å². The van der Waals surface area contributed by atoms with Crippen LogP contribution in [0.15, 0.2) is 52.9 Å². The molecule has 3 aromatic rings. The predicted molar refractivity (Wildman–Crippen MR) is 77.7 cm³/mol. The number of rotatable bonds is 4. The Bertz CT molecular complexity index is 752. The van der Waals surface area contributed by atoms with Crippen LogP contribution in [0.25, 0.3) is 22.6 Å². The highest BCUT2D eigenvalue weighted by Gasteiger charge is 2.22. The van der Waals surface area contributed by atoms with E-state index in [1.807, 2.05) is 0 Å². The lowest BCUT2D eigenvalue weighted by atomic mass is 10.1. The first-order valence-corrected chi connectivity index (χ1v) is 6.59. The number of halogens is 2. The minimum atomic E-state index is -2.77. The number of methoxy groups -OCH3 is 1. The van der Waals surface area contributed by atoms with Crippen molar-refractivity contribution in [1.29, 1.82) is 0 Å². The number of aromatic nitrogens is 1. The lowest BCUT2D eigenvalue weighted by Crippen LogP contribution is -1.86. The first-order chi connectivity index (χ1) is 10.7. The molecule has 0 N–H and O–H groups in total. The van der Waals surface area contributed by atoms with Gasteiger partial charge in [0.1, 0.15) is 11.4 Å². The van der Waals surface area contributed by atoms with Gasteiger partial charge in [-0.1, -0.05) is 18.2 Å². The van der Waals surface area contributed by atoms with E-state index in [1.54, 1.807) is 55.6 Å². The van der Waals surface area contributed by atoms with E-state index in [2.05, 4.69) is 11.1 Å². The smallest absolute Gasteiger partial charge is 0.313 e. The molecule has 0 fully saturated rings. The van der Waals surface area contributed by atoms with Crippen LogP contribution in [0.4, 0.5) is 8.78 Å². The molecule has 0 aliphatic rings. The molecule has 3 nitrogen and oxygen atoms in total. The Morgan fingerprint density at radius 3 is 2.50 bits per heavy atom. The molecule has 0 aliphatic carbocycles.